The molecule has 19 heavy (non-hydrogen) atoms. The molecule has 0 aromatic heterocycles. The minimum absolute atomic E-state index is 0.0539. The van der Waals surface area contributed by atoms with E-state index in [4.69, 9.17) is 9.84 Å². The number of carboxylic acids is 1. The Bertz CT molecular complexity index is 469. The number of aromatic carboxylic acids is 1. The summed E-state index contributed by atoms with van der Waals surface area (Å²) in [5, 5.41) is 8.80. The van der Waals surface area contributed by atoms with Crippen molar-refractivity contribution in [3.8, 4) is 0 Å². The van der Waals surface area contributed by atoms with Gasteiger partial charge < -0.3 is 14.7 Å². The fourth-order valence-electron chi connectivity index (χ4n) is 2.10. The maximum Gasteiger partial charge on any atom is 0.335 e. The molecular formula is C14H17NO4. The van der Waals surface area contributed by atoms with Crippen molar-refractivity contribution in [2.24, 2.45) is 0 Å². The quantitative estimate of drug-likeness (QED) is 0.889. The Labute approximate surface area is 111 Å². The Balaban J connectivity index is 1.96. The van der Waals surface area contributed by atoms with E-state index in [0.717, 1.165) is 5.56 Å². The summed E-state index contributed by atoms with van der Waals surface area (Å²) in [5.41, 5.74) is 1.06. The van der Waals surface area contributed by atoms with Crippen molar-refractivity contribution in [2.75, 3.05) is 19.7 Å². The average molecular weight is 263 g/mol. The lowest BCUT2D eigenvalue weighted by atomic mass is 10.1. The summed E-state index contributed by atoms with van der Waals surface area (Å²) >= 11 is 0. The summed E-state index contributed by atoms with van der Waals surface area (Å²) in [7, 11) is 0. The molecule has 102 valence electrons. The summed E-state index contributed by atoms with van der Waals surface area (Å²) in [6.07, 6.45) is 0.374. The summed E-state index contributed by atoms with van der Waals surface area (Å²) in [4.78, 5) is 24.6. The van der Waals surface area contributed by atoms with Gasteiger partial charge >= 0.3 is 5.97 Å². The van der Waals surface area contributed by atoms with Gasteiger partial charge in [-0.2, -0.15) is 0 Å². The van der Waals surface area contributed by atoms with Crippen molar-refractivity contribution in [1.82, 2.24) is 4.90 Å². The lowest BCUT2D eigenvalue weighted by molar-refractivity contribution is -0.137. The van der Waals surface area contributed by atoms with Gasteiger partial charge in [0.05, 0.1) is 24.7 Å². The van der Waals surface area contributed by atoms with E-state index < -0.39 is 5.97 Å². The van der Waals surface area contributed by atoms with E-state index in [1.165, 1.54) is 12.1 Å². The molecule has 1 heterocycles. The van der Waals surface area contributed by atoms with Crippen LogP contribution in [-0.4, -0.2) is 47.7 Å². The van der Waals surface area contributed by atoms with Crippen molar-refractivity contribution in [2.45, 2.75) is 19.4 Å². The van der Waals surface area contributed by atoms with Crippen molar-refractivity contribution >= 4 is 11.9 Å². The van der Waals surface area contributed by atoms with E-state index >= 15 is 0 Å². The van der Waals surface area contributed by atoms with Crippen LogP contribution < -0.4 is 0 Å². The lowest BCUT2D eigenvalue weighted by Gasteiger charge is -2.31. The molecule has 0 aliphatic carbocycles. The van der Waals surface area contributed by atoms with Crippen LogP contribution in [0.4, 0.5) is 0 Å². The van der Waals surface area contributed by atoms with Gasteiger partial charge in [0.1, 0.15) is 0 Å². The number of carbonyl (C=O) groups is 2. The van der Waals surface area contributed by atoms with Gasteiger partial charge in [-0.3, -0.25) is 4.79 Å². The molecule has 1 aromatic rings. The molecule has 0 saturated carbocycles. The molecular weight excluding hydrogens is 246 g/mol. The zero-order chi connectivity index (χ0) is 13.8. The average Bonchev–Trinajstić information content (AvgIpc) is 2.39. The molecule has 0 radical (unpaired) electrons. The number of rotatable bonds is 3. The zero-order valence-electron chi connectivity index (χ0n) is 10.8. The molecule has 0 bridgehead atoms. The first-order chi connectivity index (χ1) is 9.06. The van der Waals surface area contributed by atoms with Crippen LogP contribution in [0.25, 0.3) is 0 Å². The molecule has 1 atom stereocenters. The molecule has 5 nitrogen and oxygen atoms in total. The van der Waals surface area contributed by atoms with Crippen LogP contribution in [0.1, 0.15) is 22.8 Å². The normalized spacial score (nSPS) is 19.2. The van der Waals surface area contributed by atoms with Crippen LogP contribution in [0, 0.1) is 0 Å². The Morgan fingerprint density at radius 1 is 1.37 bits per heavy atom. The minimum Gasteiger partial charge on any atom is -0.478 e. The smallest absolute Gasteiger partial charge is 0.335 e. The molecule has 1 aliphatic rings. The highest BCUT2D eigenvalue weighted by Crippen LogP contribution is 2.10. The van der Waals surface area contributed by atoms with Gasteiger partial charge in [-0.1, -0.05) is 12.1 Å². The van der Waals surface area contributed by atoms with Gasteiger partial charge in [-0.15, -0.1) is 0 Å². The molecule has 1 N–H and O–H groups in total. The summed E-state index contributed by atoms with van der Waals surface area (Å²) < 4.78 is 5.39. The molecule has 0 spiro atoms. The largest absolute Gasteiger partial charge is 0.478 e. The van der Waals surface area contributed by atoms with Crippen molar-refractivity contribution < 1.29 is 19.4 Å². The number of nitrogens with zero attached hydrogens (tertiary/aromatic N) is 1. The first kappa shape index (κ1) is 13.5. The monoisotopic (exact) mass is 263 g/mol. The number of carbonyl (C=O) groups excluding carboxylic acids is 1. The Kier molecular flexibility index (Phi) is 4.16. The number of amides is 1. The highest BCUT2D eigenvalue weighted by molar-refractivity contribution is 5.87. The second-order valence-electron chi connectivity index (χ2n) is 4.70. The van der Waals surface area contributed by atoms with E-state index in [2.05, 4.69) is 0 Å². The van der Waals surface area contributed by atoms with Crippen LogP contribution in [-0.2, 0) is 16.0 Å². The predicted molar refractivity (Wildman–Crippen MR) is 69.1 cm³/mol. The van der Waals surface area contributed by atoms with Crippen molar-refractivity contribution in [3.63, 3.8) is 0 Å². The van der Waals surface area contributed by atoms with Crippen LogP contribution in [0.5, 0.6) is 0 Å². The molecule has 2 rings (SSSR count). The lowest BCUT2D eigenvalue weighted by Crippen LogP contribution is -2.45. The van der Waals surface area contributed by atoms with E-state index in [0.29, 0.717) is 26.1 Å². The number of hydrogen-bond acceptors (Lipinski definition) is 3. The highest BCUT2D eigenvalue weighted by Gasteiger charge is 2.21. The second kappa shape index (κ2) is 5.84. The summed E-state index contributed by atoms with van der Waals surface area (Å²) in [6.45, 7) is 3.76. The van der Waals surface area contributed by atoms with Crippen LogP contribution in [0.3, 0.4) is 0 Å². The Morgan fingerprint density at radius 2 is 2.05 bits per heavy atom. The van der Waals surface area contributed by atoms with Gasteiger partial charge in [0, 0.05) is 13.1 Å². The van der Waals surface area contributed by atoms with Crippen molar-refractivity contribution in [1.29, 1.82) is 0 Å². The second-order valence-corrected chi connectivity index (χ2v) is 4.70. The molecule has 1 aromatic carbocycles. The third kappa shape index (κ3) is 3.54. The maximum absolute atomic E-state index is 12.1. The topological polar surface area (TPSA) is 66.8 Å². The molecule has 1 amide bonds. The Morgan fingerprint density at radius 3 is 2.63 bits per heavy atom. The van der Waals surface area contributed by atoms with Crippen LogP contribution in [0.15, 0.2) is 24.3 Å². The van der Waals surface area contributed by atoms with Gasteiger partial charge in [0.15, 0.2) is 0 Å². The predicted octanol–water partition coefficient (Wildman–Crippen LogP) is 1.17. The number of carboxylic acid groups (broad SMARTS) is 1. The molecule has 1 unspecified atom stereocenters. The van der Waals surface area contributed by atoms with E-state index in [-0.39, 0.29) is 17.6 Å². The number of ether oxygens (including phenoxy) is 1. The van der Waals surface area contributed by atoms with E-state index in [9.17, 15) is 9.59 Å². The third-order valence-corrected chi connectivity index (χ3v) is 3.15. The molecule has 1 saturated heterocycles. The number of hydrogen-bond donors (Lipinski definition) is 1. The number of morpholine rings is 1. The van der Waals surface area contributed by atoms with Crippen LogP contribution >= 0.6 is 0 Å². The van der Waals surface area contributed by atoms with Gasteiger partial charge in [0.25, 0.3) is 0 Å². The third-order valence-electron chi connectivity index (χ3n) is 3.15. The number of benzene rings is 1. The van der Waals surface area contributed by atoms with Gasteiger partial charge in [-0.05, 0) is 24.6 Å². The maximum atomic E-state index is 12.1. The first-order valence-corrected chi connectivity index (χ1v) is 6.28. The van der Waals surface area contributed by atoms with Gasteiger partial charge in [-0.25, -0.2) is 4.79 Å². The van der Waals surface area contributed by atoms with Gasteiger partial charge in [0.2, 0.25) is 5.91 Å². The SMILES string of the molecule is CC1CN(C(=O)Cc2ccc(C(=O)O)cc2)CCO1. The van der Waals surface area contributed by atoms with E-state index in [1.807, 2.05) is 6.92 Å². The molecule has 5 heteroatoms. The standard InChI is InChI=1S/C14H17NO4/c1-10-9-15(6-7-19-10)13(16)8-11-2-4-12(5-3-11)14(17)18/h2-5,10H,6-9H2,1H3,(H,17,18). The zero-order valence-corrected chi connectivity index (χ0v) is 10.8. The highest BCUT2D eigenvalue weighted by atomic mass is 16.5. The fraction of sp³-hybridized carbons (Fsp3) is 0.429. The summed E-state index contributed by atoms with van der Waals surface area (Å²) in [6, 6.07) is 6.41. The molecule has 1 fully saturated rings. The first-order valence-electron chi connectivity index (χ1n) is 6.28. The summed E-state index contributed by atoms with van der Waals surface area (Å²) in [5.74, 6) is -0.905. The van der Waals surface area contributed by atoms with E-state index in [1.54, 1.807) is 17.0 Å². The molecule has 1 aliphatic heterocycles. The van der Waals surface area contributed by atoms with Crippen LogP contribution in [0.2, 0.25) is 0 Å². The minimum atomic E-state index is -0.958. The fourth-order valence-corrected chi connectivity index (χ4v) is 2.10. The Hall–Kier alpha value is -1.88. The van der Waals surface area contributed by atoms with Crippen molar-refractivity contribution in [3.05, 3.63) is 35.4 Å².